The summed E-state index contributed by atoms with van der Waals surface area (Å²) in [6.07, 6.45) is 4.62. The van der Waals surface area contributed by atoms with Gasteiger partial charge in [0.1, 0.15) is 0 Å². The van der Waals surface area contributed by atoms with E-state index in [1.165, 1.54) is 0 Å². The standard InChI is InChI=1S/C6H14O2.C4H10O/c1-2-3-4-5-6(7)8;1-2-3-4-5/h6-8H,2-5H2,1H3;5H,2-4H2,1H3. The number of hydrogen-bond donors (Lipinski definition) is 3. The van der Waals surface area contributed by atoms with Gasteiger partial charge in [0.2, 0.25) is 0 Å². The Balaban J connectivity index is 0. The van der Waals surface area contributed by atoms with Crippen LogP contribution in [0, 0.1) is 0 Å². The highest BCUT2D eigenvalue weighted by molar-refractivity contribution is 4.40. The van der Waals surface area contributed by atoms with Crippen molar-refractivity contribution in [2.75, 3.05) is 6.61 Å². The maximum absolute atomic E-state index is 8.33. The molecule has 0 aliphatic rings. The normalized spacial score (nSPS) is 9.69. The minimum absolute atomic E-state index is 0.344. The Morgan fingerprint density at radius 1 is 0.923 bits per heavy atom. The summed E-state index contributed by atoms with van der Waals surface area (Å²) in [6.45, 7) is 4.48. The van der Waals surface area contributed by atoms with Gasteiger partial charge in [-0.1, -0.05) is 33.1 Å². The Morgan fingerprint density at radius 2 is 1.46 bits per heavy atom. The van der Waals surface area contributed by atoms with E-state index in [1.807, 2.05) is 0 Å². The molecule has 0 amide bonds. The Bertz CT molecular complexity index is 72.6. The summed E-state index contributed by atoms with van der Waals surface area (Å²) in [6, 6.07) is 0. The Hall–Kier alpha value is -0.120. The van der Waals surface area contributed by atoms with Crippen molar-refractivity contribution in [1.29, 1.82) is 0 Å². The second kappa shape index (κ2) is 14.4. The summed E-state index contributed by atoms with van der Waals surface area (Å²) >= 11 is 0. The highest BCUT2D eigenvalue weighted by Gasteiger charge is 1.93. The van der Waals surface area contributed by atoms with E-state index in [1.54, 1.807) is 0 Å². The summed E-state index contributed by atoms with van der Waals surface area (Å²) in [7, 11) is 0. The Kier molecular flexibility index (Phi) is 17.0. The second-order valence-electron chi connectivity index (χ2n) is 3.05. The van der Waals surface area contributed by atoms with Gasteiger partial charge >= 0.3 is 0 Å². The molecule has 0 heterocycles. The second-order valence-corrected chi connectivity index (χ2v) is 3.05. The largest absolute Gasteiger partial charge is 0.396 e. The number of hydrogen-bond acceptors (Lipinski definition) is 3. The molecular formula is C10H24O3. The van der Waals surface area contributed by atoms with Crippen LogP contribution >= 0.6 is 0 Å². The molecule has 0 aliphatic carbocycles. The lowest BCUT2D eigenvalue weighted by Crippen LogP contribution is -2.02. The molecule has 0 unspecified atom stereocenters. The number of unbranched alkanes of at least 4 members (excludes halogenated alkanes) is 3. The molecule has 0 aliphatic heterocycles. The van der Waals surface area contributed by atoms with E-state index in [2.05, 4.69) is 13.8 Å². The van der Waals surface area contributed by atoms with Gasteiger partial charge in [-0.15, -0.1) is 0 Å². The van der Waals surface area contributed by atoms with E-state index in [-0.39, 0.29) is 0 Å². The molecule has 0 fully saturated rings. The van der Waals surface area contributed by atoms with Crippen LogP contribution in [0.4, 0.5) is 0 Å². The third-order valence-electron chi connectivity index (χ3n) is 1.58. The average Bonchev–Trinajstić information content (AvgIpc) is 2.07. The zero-order chi connectivity index (χ0) is 10.5. The van der Waals surface area contributed by atoms with Gasteiger partial charge in [-0.05, 0) is 19.3 Å². The van der Waals surface area contributed by atoms with Gasteiger partial charge in [-0.25, -0.2) is 0 Å². The first-order valence-electron chi connectivity index (χ1n) is 5.16. The number of aliphatic hydroxyl groups excluding tert-OH is 2. The van der Waals surface area contributed by atoms with Crippen LogP contribution in [0.2, 0.25) is 0 Å². The van der Waals surface area contributed by atoms with E-state index in [0.29, 0.717) is 13.0 Å². The third kappa shape index (κ3) is 24.5. The molecule has 0 saturated carbocycles. The molecule has 0 saturated heterocycles. The average molecular weight is 192 g/mol. The first kappa shape index (κ1) is 15.4. The van der Waals surface area contributed by atoms with Crippen molar-refractivity contribution < 1.29 is 15.3 Å². The molecule has 0 radical (unpaired) electrons. The fourth-order valence-electron chi connectivity index (χ4n) is 0.735. The maximum atomic E-state index is 8.33. The van der Waals surface area contributed by atoms with Gasteiger partial charge in [0.25, 0.3) is 0 Å². The van der Waals surface area contributed by atoms with Crippen molar-refractivity contribution in [2.45, 2.75) is 58.7 Å². The van der Waals surface area contributed by atoms with Gasteiger partial charge in [-0.2, -0.15) is 0 Å². The summed E-state index contributed by atoms with van der Waals surface area (Å²) in [5.74, 6) is 0. The lowest BCUT2D eigenvalue weighted by molar-refractivity contribution is -0.0465. The van der Waals surface area contributed by atoms with Crippen molar-refractivity contribution in [3.8, 4) is 0 Å². The van der Waals surface area contributed by atoms with Crippen molar-refractivity contribution in [2.24, 2.45) is 0 Å². The van der Waals surface area contributed by atoms with Gasteiger partial charge in [0, 0.05) is 6.61 Å². The minimum atomic E-state index is -1.10. The zero-order valence-electron chi connectivity index (χ0n) is 8.87. The molecular weight excluding hydrogens is 168 g/mol. The van der Waals surface area contributed by atoms with Gasteiger partial charge in [0.05, 0.1) is 0 Å². The topological polar surface area (TPSA) is 60.7 Å². The fourth-order valence-corrected chi connectivity index (χ4v) is 0.735. The van der Waals surface area contributed by atoms with E-state index in [4.69, 9.17) is 15.3 Å². The summed E-state index contributed by atoms with van der Waals surface area (Å²) in [4.78, 5) is 0. The van der Waals surface area contributed by atoms with Crippen LogP contribution in [-0.2, 0) is 0 Å². The zero-order valence-corrected chi connectivity index (χ0v) is 8.87. The van der Waals surface area contributed by atoms with Gasteiger partial charge in [0.15, 0.2) is 6.29 Å². The maximum Gasteiger partial charge on any atom is 0.151 e. The van der Waals surface area contributed by atoms with E-state index in [0.717, 1.165) is 32.1 Å². The van der Waals surface area contributed by atoms with Crippen LogP contribution in [0.15, 0.2) is 0 Å². The van der Waals surface area contributed by atoms with Crippen molar-refractivity contribution in [1.82, 2.24) is 0 Å². The van der Waals surface area contributed by atoms with E-state index < -0.39 is 6.29 Å². The molecule has 82 valence electrons. The van der Waals surface area contributed by atoms with Crippen LogP contribution in [0.1, 0.15) is 52.4 Å². The van der Waals surface area contributed by atoms with Crippen LogP contribution < -0.4 is 0 Å². The number of aliphatic hydroxyl groups is 3. The van der Waals surface area contributed by atoms with E-state index >= 15 is 0 Å². The fraction of sp³-hybridized carbons (Fsp3) is 1.00. The quantitative estimate of drug-likeness (QED) is 0.443. The Morgan fingerprint density at radius 3 is 1.69 bits per heavy atom. The third-order valence-corrected chi connectivity index (χ3v) is 1.58. The molecule has 0 spiro atoms. The SMILES string of the molecule is CCCCCC(O)O.CCCCO. The minimum Gasteiger partial charge on any atom is -0.396 e. The van der Waals surface area contributed by atoms with Gasteiger partial charge in [-0.3, -0.25) is 0 Å². The molecule has 0 bridgehead atoms. The molecule has 3 heteroatoms. The van der Waals surface area contributed by atoms with E-state index in [9.17, 15) is 0 Å². The molecule has 0 aromatic heterocycles. The predicted octanol–water partition coefficient (Wildman–Crippen LogP) is 1.66. The van der Waals surface area contributed by atoms with Crippen molar-refractivity contribution >= 4 is 0 Å². The molecule has 0 atom stereocenters. The van der Waals surface area contributed by atoms with Gasteiger partial charge < -0.3 is 15.3 Å². The monoisotopic (exact) mass is 192 g/mol. The first-order chi connectivity index (χ1) is 6.18. The number of rotatable bonds is 6. The van der Waals surface area contributed by atoms with Crippen LogP contribution in [0.25, 0.3) is 0 Å². The first-order valence-corrected chi connectivity index (χ1v) is 5.16. The summed E-state index contributed by atoms with van der Waals surface area (Å²) < 4.78 is 0. The predicted molar refractivity (Wildman–Crippen MR) is 54.4 cm³/mol. The highest BCUT2D eigenvalue weighted by Crippen LogP contribution is 1.99. The Labute approximate surface area is 81.4 Å². The summed E-state index contributed by atoms with van der Waals surface area (Å²) in [5.41, 5.74) is 0. The summed E-state index contributed by atoms with van der Waals surface area (Å²) in [5, 5.41) is 24.7. The lowest BCUT2D eigenvalue weighted by atomic mass is 10.2. The molecule has 3 nitrogen and oxygen atoms in total. The smallest absolute Gasteiger partial charge is 0.151 e. The molecule has 3 N–H and O–H groups in total. The molecule has 0 aromatic rings. The van der Waals surface area contributed by atoms with Crippen molar-refractivity contribution in [3.05, 3.63) is 0 Å². The van der Waals surface area contributed by atoms with Crippen molar-refractivity contribution in [3.63, 3.8) is 0 Å². The van der Waals surface area contributed by atoms with Crippen LogP contribution in [0.3, 0.4) is 0 Å². The molecule has 0 rings (SSSR count). The lowest BCUT2D eigenvalue weighted by Gasteiger charge is -1.99. The highest BCUT2D eigenvalue weighted by atomic mass is 16.5. The molecule has 13 heavy (non-hydrogen) atoms. The van der Waals surface area contributed by atoms with Crippen LogP contribution in [-0.4, -0.2) is 28.2 Å². The van der Waals surface area contributed by atoms with Crippen LogP contribution in [0.5, 0.6) is 0 Å². The molecule has 0 aromatic carbocycles.